The summed E-state index contributed by atoms with van der Waals surface area (Å²) in [6, 6.07) is 8.11. The predicted molar refractivity (Wildman–Crippen MR) is 89.6 cm³/mol. The van der Waals surface area contributed by atoms with Gasteiger partial charge in [0.25, 0.3) is 0 Å². The van der Waals surface area contributed by atoms with Crippen LogP contribution in [0.3, 0.4) is 0 Å². The fraction of sp³-hybridized carbons (Fsp3) is 0.588. The van der Waals surface area contributed by atoms with Crippen molar-refractivity contribution in [3.63, 3.8) is 0 Å². The third-order valence-electron chi connectivity index (χ3n) is 3.28. The lowest BCUT2D eigenvalue weighted by molar-refractivity contribution is 0.118. The first-order valence-corrected chi connectivity index (χ1v) is 7.74. The lowest BCUT2D eigenvalue weighted by Gasteiger charge is -2.28. The summed E-state index contributed by atoms with van der Waals surface area (Å²) in [6.45, 7) is 7.28. The number of nitrogens with zero attached hydrogens (tertiary/aromatic N) is 2. The van der Waals surface area contributed by atoms with Gasteiger partial charge in [-0.15, -0.1) is 0 Å². The number of hydrogen-bond acceptors (Lipinski definition) is 3. The van der Waals surface area contributed by atoms with Crippen LogP contribution in [0.15, 0.2) is 24.3 Å². The van der Waals surface area contributed by atoms with E-state index in [0.717, 1.165) is 12.1 Å². The zero-order valence-electron chi connectivity index (χ0n) is 14.3. The van der Waals surface area contributed by atoms with Gasteiger partial charge in [-0.25, -0.2) is 4.79 Å². The second-order valence-electron chi connectivity index (χ2n) is 6.31. The minimum atomic E-state index is -0.531. The van der Waals surface area contributed by atoms with Crippen LogP contribution in [0, 0.1) is 0 Å². The Kier molecular flexibility index (Phi) is 7.35. The number of aliphatic hydroxyl groups excluding tert-OH is 1. The van der Waals surface area contributed by atoms with Crippen LogP contribution in [-0.2, 0) is 13.1 Å². The topological polar surface area (TPSA) is 55.8 Å². The van der Waals surface area contributed by atoms with E-state index in [1.807, 2.05) is 40.1 Å². The lowest BCUT2D eigenvalue weighted by Crippen LogP contribution is -2.46. The lowest BCUT2D eigenvalue weighted by atomic mass is 10.1. The number of aliphatic hydroxyl groups is 1. The minimum absolute atomic E-state index is 0.0506. The molecule has 0 saturated heterocycles. The molecule has 0 aliphatic heterocycles. The molecule has 1 unspecified atom stereocenters. The van der Waals surface area contributed by atoms with Crippen molar-refractivity contribution in [3.8, 4) is 0 Å². The van der Waals surface area contributed by atoms with Crippen LogP contribution in [0.5, 0.6) is 0 Å². The average molecular weight is 307 g/mol. The highest BCUT2D eigenvalue weighted by Gasteiger charge is 2.18. The van der Waals surface area contributed by atoms with E-state index in [1.165, 1.54) is 5.56 Å². The summed E-state index contributed by atoms with van der Waals surface area (Å²) in [5, 5.41) is 12.4. The maximum Gasteiger partial charge on any atom is 0.317 e. The monoisotopic (exact) mass is 307 g/mol. The number of benzene rings is 1. The number of urea groups is 1. The molecule has 5 heteroatoms. The van der Waals surface area contributed by atoms with Crippen LogP contribution >= 0.6 is 0 Å². The second kappa shape index (κ2) is 8.76. The Morgan fingerprint density at radius 3 is 2.41 bits per heavy atom. The van der Waals surface area contributed by atoms with Crippen LogP contribution in [0.2, 0.25) is 0 Å². The van der Waals surface area contributed by atoms with Gasteiger partial charge in [0.1, 0.15) is 0 Å². The number of carbonyl (C=O) groups is 1. The smallest absolute Gasteiger partial charge is 0.317 e. The molecule has 0 spiro atoms. The normalized spacial score (nSPS) is 12.5. The Bertz CT molecular complexity index is 473. The molecule has 1 rings (SSSR count). The molecule has 0 aliphatic rings. The summed E-state index contributed by atoms with van der Waals surface area (Å²) < 4.78 is 0. The fourth-order valence-corrected chi connectivity index (χ4v) is 2.30. The van der Waals surface area contributed by atoms with E-state index >= 15 is 0 Å². The molecule has 0 heterocycles. The van der Waals surface area contributed by atoms with Gasteiger partial charge in [0.2, 0.25) is 0 Å². The summed E-state index contributed by atoms with van der Waals surface area (Å²) in [4.78, 5) is 16.0. The highest BCUT2D eigenvalue weighted by atomic mass is 16.3. The zero-order chi connectivity index (χ0) is 16.7. The quantitative estimate of drug-likeness (QED) is 0.810. The van der Waals surface area contributed by atoms with E-state index in [0.29, 0.717) is 13.1 Å². The molecule has 1 aromatic rings. The van der Waals surface area contributed by atoms with Gasteiger partial charge in [0, 0.05) is 25.7 Å². The molecular weight excluding hydrogens is 278 g/mol. The molecule has 2 amide bonds. The van der Waals surface area contributed by atoms with E-state index in [-0.39, 0.29) is 12.1 Å². The Morgan fingerprint density at radius 2 is 1.86 bits per heavy atom. The van der Waals surface area contributed by atoms with Crippen molar-refractivity contribution >= 4 is 6.03 Å². The molecule has 0 aromatic heterocycles. The van der Waals surface area contributed by atoms with Crippen LogP contribution in [0.1, 0.15) is 31.9 Å². The molecule has 124 valence electrons. The largest absolute Gasteiger partial charge is 0.392 e. The van der Waals surface area contributed by atoms with E-state index in [2.05, 4.69) is 22.3 Å². The van der Waals surface area contributed by atoms with Gasteiger partial charge in [-0.1, -0.05) is 24.3 Å². The van der Waals surface area contributed by atoms with Crippen molar-refractivity contribution in [1.29, 1.82) is 0 Å². The molecule has 0 radical (unpaired) electrons. The van der Waals surface area contributed by atoms with E-state index in [9.17, 15) is 9.90 Å². The molecule has 0 fully saturated rings. The summed E-state index contributed by atoms with van der Waals surface area (Å²) in [7, 11) is 4.07. The van der Waals surface area contributed by atoms with Crippen LogP contribution in [-0.4, -0.2) is 53.7 Å². The molecule has 22 heavy (non-hydrogen) atoms. The van der Waals surface area contributed by atoms with E-state index in [1.54, 1.807) is 11.8 Å². The summed E-state index contributed by atoms with van der Waals surface area (Å²) in [5.41, 5.74) is 2.30. The van der Waals surface area contributed by atoms with Crippen molar-refractivity contribution in [2.75, 3.05) is 20.6 Å². The Hall–Kier alpha value is -1.59. The molecule has 5 nitrogen and oxygen atoms in total. The van der Waals surface area contributed by atoms with Crippen molar-refractivity contribution < 1.29 is 9.90 Å². The SMILES string of the molecule is CC(O)CN(C(=O)NCc1cccc(CN(C)C)c1)C(C)C. The predicted octanol–water partition coefficient (Wildman–Crippen LogP) is 2.05. The fourth-order valence-electron chi connectivity index (χ4n) is 2.30. The van der Waals surface area contributed by atoms with Crippen LogP contribution in [0.4, 0.5) is 4.79 Å². The van der Waals surface area contributed by atoms with Gasteiger partial charge < -0.3 is 20.2 Å². The first-order valence-electron chi connectivity index (χ1n) is 7.74. The van der Waals surface area contributed by atoms with E-state index in [4.69, 9.17) is 0 Å². The Labute approximate surface area is 133 Å². The summed E-state index contributed by atoms with van der Waals surface area (Å²) >= 11 is 0. The minimum Gasteiger partial charge on any atom is -0.392 e. The van der Waals surface area contributed by atoms with Crippen molar-refractivity contribution in [2.24, 2.45) is 0 Å². The van der Waals surface area contributed by atoms with Crippen molar-refractivity contribution in [1.82, 2.24) is 15.1 Å². The molecule has 2 N–H and O–H groups in total. The first kappa shape index (κ1) is 18.5. The highest BCUT2D eigenvalue weighted by molar-refractivity contribution is 5.74. The Morgan fingerprint density at radius 1 is 1.23 bits per heavy atom. The summed E-state index contributed by atoms with van der Waals surface area (Å²) in [5.74, 6) is 0. The van der Waals surface area contributed by atoms with Gasteiger partial charge in [-0.2, -0.15) is 0 Å². The number of carbonyl (C=O) groups excluding carboxylic acids is 1. The zero-order valence-corrected chi connectivity index (χ0v) is 14.3. The molecule has 0 saturated carbocycles. The molecule has 0 aliphatic carbocycles. The average Bonchev–Trinajstić information content (AvgIpc) is 2.41. The maximum atomic E-state index is 12.3. The van der Waals surface area contributed by atoms with Gasteiger partial charge in [0.05, 0.1) is 6.10 Å². The van der Waals surface area contributed by atoms with E-state index < -0.39 is 6.10 Å². The highest BCUT2D eigenvalue weighted by Crippen LogP contribution is 2.08. The molecule has 0 bridgehead atoms. The van der Waals surface area contributed by atoms with Gasteiger partial charge >= 0.3 is 6.03 Å². The third kappa shape index (κ3) is 6.45. The standard InChI is InChI=1S/C17H29N3O2/c1-13(2)20(11-14(3)21)17(22)18-10-15-7-6-8-16(9-15)12-19(4)5/h6-9,13-14,21H,10-12H2,1-5H3,(H,18,22). The van der Waals surface area contributed by atoms with Crippen LogP contribution < -0.4 is 5.32 Å². The van der Waals surface area contributed by atoms with Crippen molar-refractivity contribution in [2.45, 2.75) is 46.0 Å². The van der Waals surface area contributed by atoms with Gasteiger partial charge in [-0.05, 0) is 46.0 Å². The summed E-state index contributed by atoms with van der Waals surface area (Å²) in [6.07, 6.45) is -0.531. The number of rotatable bonds is 7. The van der Waals surface area contributed by atoms with Gasteiger partial charge in [-0.3, -0.25) is 0 Å². The molecule has 1 aromatic carbocycles. The Balaban J connectivity index is 2.62. The number of nitrogens with one attached hydrogen (secondary N) is 1. The third-order valence-corrected chi connectivity index (χ3v) is 3.28. The first-order chi connectivity index (χ1) is 10.3. The molecular formula is C17H29N3O2. The van der Waals surface area contributed by atoms with Crippen molar-refractivity contribution in [3.05, 3.63) is 35.4 Å². The van der Waals surface area contributed by atoms with Gasteiger partial charge in [0.15, 0.2) is 0 Å². The number of amides is 2. The maximum absolute atomic E-state index is 12.3. The van der Waals surface area contributed by atoms with Crippen LogP contribution in [0.25, 0.3) is 0 Å². The second-order valence-corrected chi connectivity index (χ2v) is 6.31. The number of hydrogen-bond donors (Lipinski definition) is 2. The molecule has 1 atom stereocenters.